The lowest BCUT2D eigenvalue weighted by molar-refractivity contribution is 0.103. The molecule has 2 nitrogen and oxygen atoms in total. The fourth-order valence-corrected chi connectivity index (χ4v) is 2.49. The summed E-state index contributed by atoms with van der Waals surface area (Å²) >= 11 is 0. The molecule has 1 aliphatic rings. The van der Waals surface area contributed by atoms with Crippen molar-refractivity contribution in [1.82, 2.24) is 0 Å². The lowest BCUT2D eigenvalue weighted by Crippen LogP contribution is -2.04. The Morgan fingerprint density at radius 3 is 2.05 bits per heavy atom. The van der Waals surface area contributed by atoms with Crippen LogP contribution in [0.5, 0.6) is 5.75 Å². The molecule has 0 N–H and O–H groups in total. The molecule has 0 spiro atoms. The van der Waals surface area contributed by atoms with Crippen LogP contribution in [0.15, 0.2) is 42.5 Å². The highest BCUT2D eigenvalue weighted by molar-refractivity contribution is 6.11. The van der Waals surface area contributed by atoms with Crippen molar-refractivity contribution in [2.24, 2.45) is 0 Å². The van der Waals surface area contributed by atoms with E-state index in [0.29, 0.717) is 0 Å². The minimum atomic E-state index is 0.108. The molecule has 0 bridgehead atoms. The number of hydrogen-bond donors (Lipinski definition) is 0. The molecule has 0 radical (unpaired) electrons. The average molecular weight is 298 g/mol. The van der Waals surface area contributed by atoms with Gasteiger partial charge in [-0.15, -0.1) is 0 Å². The van der Waals surface area contributed by atoms with Gasteiger partial charge in [-0.3, -0.25) is 4.79 Å². The molecule has 2 aromatic rings. The van der Waals surface area contributed by atoms with Crippen LogP contribution < -0.4 is 4.74 Å². The summed E-state index contributed by atoms with van der Waals surface area (Å²) in [6.45, 7) is 8.00. The number of hydrogen-bond acceptors (Lipinski definition) is 2. The first kappa shape index (κ1) is 18.0. The Bertz CT molecular complexity index is 615. The molecule has 0 atom stereocenters. The highest BCUT2D eigenvalue weighted by Gasteiger charge is 2.20. The molecule has 0 aliphatic heterocycles. The molecular formula is C20H26O2. The van der Waals surface area contributed by atoms with Crippen molar-refractivity contribution in [1.29, 1.82) is 0 Å². The molecule has 0 amide bonds. The van der Waals surface area contributed by atoms with E-state index in [1.807, 2.05) is 70.2 Å². The van der Waals surface area contributed by atoms with Crippen molar-refractivity contribution in [2.45, 2.75) is 40.5 Å². The fourth-order valence-electron chi connectivity index (χ4n) is 2.49. The molecule has 2 heteroatoms. The summed E-state index contributed by atoms with van der Waals surface area (Å²) in [6.07, 6.45) is 1.82. The second kappa shape index (κ2) is 9.04. The Balaban J connectivity index is 0.000000561. The molecule has 3 rings (SSSR count). The fraction of sp³-hybridized carbons (Fsp3) is 0.350. The summed E-state index contributed by atoms with van der Waals surface area (Å²) in [4.78, 5) is 12.5. The third kappa shape index (κ3) is 3.76. The maximum atomic E-state index is 12.5. The highest BCUT2D eigenvalue weighted by Crippen LogP contribution is 2.27. The smallest absolute Gasteiger partial charge is 0.193 e. The predicted octanol–water partition coefficient (Wildman–Crippen LogP) is 5.08. The largest absolute Gasteiger partial charge is 0.497 e. The summed E-state index contributed by atoms with van der Waals surface area (Å²) in [5.41, 5.74) is 3.85. The number of rotatable bonds is 1. The number of ketones is 1. The maximum Gasteiger partial charge on any atom is 0.193 e. The number of carbonyl (C=O) groups excluding carboxylic acids is 1. The van der Waals surface area contributed by atoms with Crippen LogP contribution >= 0.6 is 0 Å². The number of methoxy groups -OCH3 is 1. The van der Waals surface area contributed by atoms with E-state index in [1.54, 1.807) is 7.11 Å². The van der Waals surface area contributed by atoms with E-state index >= 15 is 0 Å². The number of ether oxygens (including phenoxy) is 1. The molecule has 22 heavy (non-hydrogen) atoms. The number of fused-ring (bicyclic) bond motifs is 2. The van der Waals surface area contributed by atoms with E-state index in [2.05, 4.69) is 0 Å². The Hall–Kier alpha value is -2.09. The lowest BCUT2D eigenvalue weighted by atomic mass is 9.99. The molecule has 1 aliphatic carbocycles. The minimum absolute atomic E-state index is 0.108. The Kier molecular flexibility index (Phi) is 7.38. The maximum absolute atomic E-state index is 12.5. The van der Waals surface area contributed by atoms with E-state index in [1.165, 1.54) is 0 Å². The highest BCUT2D eigenvalue weighted by atomic mass is 16.5. The second-order valence-corrected chi connectivity index (χ2v) is 4.51. The van der Waals surface area contributed by atoms with Crippen LogP contribution in [0, 0.1) is 0 Å². The molecular weight excluding hydrogens is 272 g/mol. The van der Waals surface area contributed by atoms with Crippen molar-refractivity contribution < 1.29 is 9.53 Å². The van der Waals surface area contributed by atoms with Crippen LogP contribution in [-0.2, 0) is 12.8 Å². The summed E-state index contributed by atoms with van der Waals surface area (Å²) in [7, 11) is 1.62. The molecule has 0 unspecified atom stereocenters. The summed E-state index contributed by atoms with van der Waals surface area (Å²) < 4.78 is 5.21. The molecule has 0 heterocycles. The Morgan fingerprint density at radius 1 is 0.818 bits per heavy atom. The second-order valence-electron chi connectivity index (χ2n) is 4.51. The van der Waals surface area contributed by atoms with Gasteiger partial charge in [-0.1, -0.05) is 58.0 Å². The van der Waals surface area contributed by atoms with Crippen LogP contribution in [-0.4, -0.2) is 12.9 Å². The predicted molar refractivity (Wildman–Crippen MR) is 93.0 cm³/mol. The van der Waals surface area contributed by atoms with Gasteiger partial charge in [-0.05, 0) is 36.1 Å². The summed E-state index contributed by atoms with van der Waals surface area (Å²) in [6, 6.07) is 13.6. The van der Waals surface area contributed by atoms with Crippen molar-refractivity contribution >= 4 is 5.78 Å². The first-order chi connectivity index (χ1) is 10.8. The zero-order chi connectivity index (χ0) is 16.5. The normalized spacial score (nSPS) is 11.6. The van der Waals surface area contributed by atoms with Gasteiger partial charge in [0.1, 0.15) is 5.75 Å². The first-order valence-corrected chi connectivity index (χ1v) is 8.09. The average Bonchev–Trinajstić information content (AvgIpc) is 2.76. The summed E-state index contributed by atoms with van der Waals surface area (Å²) in [5, 5.41) is 0. The zero-order valence-electron chi connectivity index (χ0n) is 14.3. The standard InChI is InChI=1S/C16H14O2.2C2H6/c1-18-13-9-8-12-7-6-11-4-2-3-5-14(11)16(17)15(12)10-13;2*1-2/h2-5,8-10H,6-7H2,1H3;2*1-2H3. The van der Waals surface area contributed by atoms with Gasteiger partial charge in [-0.25, -0.2) is 0 Å². The van der Waals surface area contributed by atoms with Crippen LogP contribution in [0.1, 0.15) is 54.7 Å². The van der Waals surface area contributed by atoms with Gasteiger partial charge in [0.15, 0.2) is 5.78 Å². The molecule has 118 valence electrons. The summed E-state index contributed by atoms with van der Waals surface area (Å²) in [5.74, 6) is 0.846. The molecule has 0 fully saturated rings. The van der Waals surface area contributed by atoms with Crippen molar-refractivity contribution in [3.05, 3.63) is 64.7 Å². The van der Waals surface area contributed by atoms with Crippen molar-refractivity contribution in [2.75, 3.05) is 7.11 Å². The van der Waals surface area contributed by atoms with Gasteiger partial charge in [0.05, 0.1) is 7.11 Å². The van der Waals surface area contributed by atoms with E-state index in [4.69, 9.17) is 4.74 Å². The van der Waals surface area contributed by atoms with Crippen molar-refractivity contribution in [3.8, 4) is 5.75 Å². The van der Waals surface area contributed by atoms with Crippen molar-refractivity contribution in [3.63, 3.8) is 0 Å². The quantitative estimate of drug-likeness (QED) is 0.734. The van der Waals surface area contributed by atoms with E-state index in [-0.39, 0.29) is 5.78 Å². The lowest BCUT2D eigenvalue weighted by Gasteiger charge is -2.07. The van der Waals surface area contributed by atoms with Crippen LogP contribution in [0.4, 0.5) is 0 Å². The third-order valence-corrected chi connectivity index (χ3v) is 3.49. The van der Waals surface area contributed by atoms with E-state index < -0.39 is 0 Å². The topological polar surface area (TPSA) is 26.3 Å². The van der Waals surface area contributed by atoms with Gasteiger partial charge in [0, 0.05) is 11.1 Å². The van der Waals surface area contributed by atoms with E-state index in [9.17, 15) is 4.79 Å². The Labute approximate surface area is 134 Å². The van der Waals surface area contributed by atoms with Crippen LogP contribution in [0.2, 0.25) is 0 Å². The van der Waals surface area contributed by atoms with Gasteiger partial charge in [-0.2, -0.15) is 0 Å². The Morgan fingerprint density at radius 2 is 1.41 bits per heavy atom. The molecule has 0 aromatic heterocycles. The van der Waals surface area contributed by atoms with Gasteiger partial charge in [0.2, 0.25) is 0 Å². The number of aryl methyl sites for hydroxylation is 2. The first-order valence-electron chi connectivity index (χ1n) is 8.09. The van der Waals surface area contributed by atoms with Gasteiger partial charge < -0.3 is 4.74 Å². The molecule has 2 aromatic carbocycles. The number of carbonyl (C=O) groups is 1. The minimum Gasteiger partial charge on any atom is -0.497 e. The van der Waals surface area contributed by atoms with Crippen LogP contribution in [0.3, 0.4) is 0 Å². The number of benzene rings is 2. The van der Waals surface area contributed by atoms with Crippen LogP contribution in [0.25, 0.3) is 0 Å². The zero-order valence-corrected chi connectivity index (χ0v) is 14.3. The monoisotopic (exact) mass is 298 g/mol. The van der Waals surface area contributed by atoms with E-state index in [0.717, 1.165) is 40.8 Å². The SMILES string of the molecule is CC.CC.COc1ccc2c(c1)C(=O)c1ccccc1CC2. The van der Waals surface area contributed by atoms with Gasteiger partial charge in [0.25, 0.3) is 0 Å². The molecule has 0 saturated carbocycles. The molecule has 0 saturated heterocycles. The third-order valence-electron chi connectivity index (χ3n) is 3.49. The van der Waals surface area contributed by atoms with Gasteiger partial charge >= 0.3 is 0 Å².